The van der Waals surface area contributed by atoms with Crippen LogP contribution in [0.5, 0.6) is 0 Å². The SMILES string of the molecule is C=C(C)C(=O)OCC(=O)OCCC(F)(C(F)(F)F)C(F)(F)F. The first-order chi connectivity index (χ1) is 9.72. The second kappa shape index (κ2) is 6.97. The summed E-state index contributed by atoms with van der Waals surface area (Å²) in [5, 5.41) is 0. The highest BCUT2D eigenvalue weighted by Gasteiger charge is 2.72. The molecule has 128 valence electrons. The average Bonchev–Trinajstić information content (AvgIpc) is 2.32. The number of ether oxygens (including phenoxy) is 2. The first-order valence-electron chi connectivity index (χ1n) is 5.53. The van der Waals surface area contributed by atoms with Crippen molar-refractivity contribution in [3.63, 3.8) is 0 Å². The minimum Gasteiger partial charge on any atom is -0.463 e. The molecule has 0 unspecified atom stereocenters. The molecular weight excluding hydrogens is 329 g/mol. The number of rotatable bonds is 6. The Morgan fingerprint density at radius 2 is 1.41 bits per heavy atom. The fourth-order valence-electron chi connectivity index (χ4n) is 1.04. The van der Waals surface area contributed by atoms with Gasteiger partial charge in [-0.15, -0.1) is 0 Å². The van der Waals surface area contributed by atoms with Gasteiger partial charge in [-0.1, -0.05) is 6.58 Å². The molecule has 0 aliphatic heterocycles. The lowest BCUT2D eigenvalue weighted by atomic mass is 10.0. The molecular formula is C11H11F7O4. The summed E-state index contributed by atoms with van der Waals surface area (Å²) < 4.78 is 94.3. The van der Waals surface area contributed by atoms with E-state index in [4.69, 9.17) is 0 Å². The van der Waals surface area contributed by atoms with Crippen LogP contribution in [0.1, 0.15) is 13.3 Å². The molecule has 0 atom stereocenters. The van der Waals surface area contributed by atoms with E-state index in [1.807, 2.05) is 0 Å². The molecule has 0 aliphatic carbocycles. The predicted octanol–water partition coefficient (Wildman–Crippen LogP) is 2.87. The topological polar surface area (TPSA) is 52.6 Å². The number of halogens is 7. The van der Waals surface area contributed by atoms with Crippen molar-refractivity contribution in [2.24, 2.45) is 0 Å². The molecule has 4 nitrogen and oxygen atoms in total. The van der Waals surface area contributed by atoms with Crippen molar-refractivity contribution in [2.45, 2.75) is 31.4 Å². The van der Waals surface area contributed by atoms with Crippen molar-refractivity contribution in [1.82, 2.24) is 0 Å². The predicted molar refractivity (Wildman–Crippen MR) is 57.3 cm³/mol. The molecule has 0 heterocycles. The molecule has 0 aliphatic rings. The number of carbonyl (C=O) groups excluding carboxylic acids is 2. The van der Waals surface area contributed by atoms with E-state index in [0.717, 1.165) is 0 Å². The van der Waals surface area contributed by atoms with Crippen molar-refractivity contribution >= 4 is 11.9 Å². The number of hydrogen-bond donors (Lipinski definition) is 0. The normalized spacial score (nSPS) is 12.7. The third-order valence-corrected chi connectivity index (χ3v) is 2.28. The van der Waals surface area contributed by atoms with Crippen LogP contribution in [0.3, 0.4) is 0 Å². The summed E-state index contributed by atoms with van der Waals surface area (Å²) in [6, 6.07) is 0. The number of carbonyl (C=O) groups is 2. The summed E-state index contributed by atoms with van der Waals surface area (Å²) in [6.45, 7) is 1.84. The lowest BCUT2D eigenvalue weighted by molar-refractivity contribution is -0.344. The highest BCUT2D eigenvalue weighted by molar-refractivity contribution is 5.88. The molecule has 0 saturated heterocycles. The first-order valence-corrected chi connectivity index (χ1v) is 5.53. The summed E-state index contributed by atoms with van der Waals surface area (Å²) >= 11 is 0. The van der Waals surface area contributed by atoms with Gasteiger partial charge in [0, 0.05) is 12.0 Å². The molecule has 0 radical (unpaired) electrons. The van der Waals surface area contributed by atoms with E-state index in [0.29, 0.717) is 0 Å². The van der Waals surface area contributed by atoms with Gasteiger partial charge in [-0.05, 0) is 6.92 Å². The zero-order valence-corrected chi connectivity index (χ0v) is 11.1. The Bertz CT molecular complexity index is 425. The molecule has 0 bridgehead atoms. The summed E-state index contributed by atoms with van der Waals surface area (Å²) in [5.74, 6) is -2.44. The lowest BCUT2D eigenvalue weighted by Crippen LogP contribution is -2.53. The van der Waals surface area contributed by atoms with E-state index < -0.39 is 49.6 Å². The molecule has 0 aromatic carbocycles. The molecule has 0 saturated carbocycles. The van der Waals surface area contributed by atoms with Crippen LogP contribution in [0, 0.1) is 0 Å². The highest BCUT2D eigenvalue weighted by Crippen LogP contribution is 2.48. The van der Waals surface area contributed by atoms with Gasteiger partial charge in [0.25, 0.3) is 0 Å². The van der Waals surface area contributed by atoms with Crippen molar-refractivity contribution in [3.8, 4) is 0 Å². The Balaban J connectivity index is 4.51. The van der Waals surface area contributed by atoms with Crippen LogP contribution in [-0.2, 0) is 19.1 Å². The quantitative estimate of drug-likeness (QED) is 0.424. The number of alkyl halides is 7. The van der Waals surface area contributed by atoms with Crippen LogP contribution in [0.15, 0.2) is 12.2 Å². The van der Waals surface area contributed by atoms with E-state index >= 15 is 0 Å². The van der Waals surface area contributed by atoms with Gasteiger partial charge in [0.05, 0.1) is 6.61 Å². The third kappa shape index (κ3) is 5.19. The monoisotopic (exact) mass is 340 g/mol. The zero-order chi connectivity index (χ0) is 17.8. The van der Waals surface area contributed by atoms with Crippen LogP contribution in [0.4, 0.5) is 30.7 Å². The molecule has 11 heteroatoms. The smallest absolute Gasteiger partial charge is 0.431 e. The van der Waals surface area contributed by atoms with Crippen LogP contribution in [0.2, 0.25) is 0 Å². The molecule has 0 N–H and O–H groups in total. The Hall–Kier alpha value is -1.81. The third-order valence-electron chi connectivity index (χ3n) is 2.28. The highest BCUT2D eigenvalue weighted by atomic mass is 19.4. The van der Waals surface area contributed by atoms with E-state index in [9.17, 15) is 40.3 Å². The Kier molecular flexibility index (Phi) is 6.39. The minimum atomic E-state index is -6.22. The summed E-state index contributed by atoms with van der Waals surface area (Å²) in [6.07, 6.45) is -14.6. The Labute approximate surface area is 119 Å². The molecule has 0 aromatic heterocycles. The summed E-state index contributed by atoms with van der Waals surface area (Å²) in [4.78, 5) is 21.8. The molecule has 0 fully saturated rings. The zero-order valence-electron chi connectivity index (χ0n) is 11.1. The van der Waals surface area contributed by atoms with E-state index in [2.05, 4.69) is 16.1 Å². The van der Waals surface area contributed by atoms with Crippen molar-refractivity contribution < 1.29 is 49.8 Å². The minimum absolute atomic E-state index is 0.0929. The Morgan fingerprint density at radius 3 is 1.77 bits per heavy atom. The summed E-state index contributed by atoms with van der Waals surface area (Å²) in [5.41, 5.74) is -5.60. The van der Waals surface area contributed by atoms with Gasteiger partial charge in [-0.3, -0.25) is 0 Å². The number of esters is 2. The van der Waals surface area contributed by atoms with Gasteiger partial charge >= 0.3 is 30.0 Å². The maximum absolute atomic E-state index is 13.1. The Morgan fingerprint density at radius 1 is 0.955 bits per heavy atom. The number of hydrogen-bond acceptors (Lipinski definition) is 4. The fraction of sp³-hybridized carbons (Fsp3) is 0.636. The molecule has 0 spiro atoms. The van der Waals surface area contributed by atoms with Crippen LogP contribution in [-0.4, -0.2) is 43.2 Å². The fourth-order valence-corrected chi connectivity index (χ4v) is 1.04. The average molecular weight is 340 g/mol. The van der Waals surface area contributed by atoms with E-state index in [-0.39, 0.29) is 5.57 Å². The largest absolute Gasteiger partial charge is 0.463 e. The van der Waals surface area contributed by atoms with E-state index in [1.165, 1.54) is 6.92 Å². The van der Waals surface area contributed by atoms with Crippen molar-refractivity contribution in [2.75, 3.05) is 13.2 Å². The maximum atomic E-state index is 13.1. The molecule has 0 aromatic rings. The lowest BCUT2D eigenvalue weighted by Gasteiger charge is -2.29. The second-order valence-corrected chi connectivity index (χ2v) is 4.12. The standard InChI is InChI=1S/C11H11F7O4/c1-6(2)8(20)22-5-7(19)21-4-3-9(12,10(13,14)15)11(16,17)18/h1,3-5H2,2H3. The van der Waals surface area contributed by atoms with Crippen molar-refractivity contribution in [3.05, 3.63) is 12.2 Å². The van der Waals surface area contributed by atoms with Gasteiger partial charge in [0.2, 0.25) is 0 Å². The van der Waals surface area contributed by atoms with Gasteiger partial charge in [0.1, 0.15) is 0 Å². The van der Waals surface area contributed by atoms with E-state index in [1.54, 1.807) is 0 Å². The first kappa shape index (κ1) is 20.2. The second-order valence-electron chi connectivity index (χ2n) is 4.12. The van der Waals surface area contributed by atoms with Crippen LogP contribution < -0.4 is 0 Å². The summed E-state index contributed by atoms with van der Waals surface area (Å²) in [7, 11) is 0. The van der Waals surface area contributed by atoms with Crippen LogP contribution in [0.25, 0.3) is 0 Å². The maximum Gasteiger partial charge on any atom is 0.431 e. The molecule has 0 rings (SSSR count). The van der Waals surface area contributed by atoms with Gasteiger partial charge < -0.3 is 9.47 Å². The molecule has 22 heavy (non-hydrogen) atoms. The van der Waals surface area contributed by atoms with Gasteiger partial charge in [-0.25, -0.2) is 14.0 Å². The van der Waals surface area contributed by atoms with Crippen LogP contribution >= 0.6 is 0 Å². The van der Waals surface area contributed by atoms with Gasteiger partial charge in [0.15, 0.2) is 6.61 Å². The van der Waals surface area contributed by atoms with Gasteiger partial charge in [-0.2, -0.15) is 26.3 Å². The van der Waals surface area contributed by atoms with Crippen molar-refractivity contribution in [1.29, 1.82) is 0 Å². The molecule has 0 amide bonds.